The van der Waals surface area contributed by atoms with Crippen molar-refractivity contribution in [1.29, 1.82) is 0 Å². The van der Waals surface area contributed by atoms with Crippen molar-refractivity contribution in [2.24, 2.45) is 5.73 Å². The van der Waals surface area contributed by atoms with Crippen LogP contribution in [0.2, 0.25) is 0 Å². The maximum atomic E-state index is 12.7. The van der Waals surface area contributed by atoms with Gasteiger partial charge in [-0.05, 0) is 44.6 Å². The highest BCUT2D eigenvalue weighted by Crippen LogP contribution is 2.30. The predicted molar refractivity (Wildman–Crippen MR) is 94.5 cm³/mol. The van der Waals surface area contributed by atoms with Gasteiger partial charge < -0.3 is 10.6 Å². The molecule has 0 bridgehead atoms. The van der Waals surface area contributed by atoms with Crippen molar-refractivity contribution < 1.29 is 9.72 Å². The van der Waals surface area contributed by atoms with Crippen LogP contribution in [0.25, 0.3) is 0 Å². The van der Waals surface area contributed by atoms with E-state index >= 15 is 0 Å². The molecule has 0 aliphatic carbocycles. The van der Waals surface area contributed by atoms with Crippen molar-refractivity contribution in [1.82, 2.24) is 4.90 Å². The van der Waals surface area contributed by atoms with E-state index in [-0.39, 0.29) is 36.1 Å². The molecule has 23 heavy (non-hydrogen) atoms. The van der Waals surface area contributed by atoms with Crippen molar-refractivity contribution in [3.05, 3.63) is 33.9 Å². The molecule has 1 amide bonds. The van der Waals surface area contributed by atoms with Crippen LogP contribution in [0.5, 0.6) is 0 Å². The first-order valence-corrected chi connectivity index (χ1v) is 8.57. The van der Waals surface area contributed by atoms with E-state index < -0.39 is 4.92 Å². The number of carbonyl (C=O) groups excluding carboxylic acids is 1. The third-order valence-corrected chi connectivity index (χ3v) is 4.82. The second-order valence-electron chi connectivity index (χ2n) is 5.56. The zero-order chi connectivity index (χ0) is 16.3. The van der Waals surface area contributed by atoms with E-state index in [9.17, 15) is 14.9 Å². The number of hydrogen-bond donors (Lipinski definition) is 1. The quantitative estimate of drug-likeness (QED) is 0.507. The van der Waals surface area contributed by atoms with Gasteiger partial charge in [-0.15, -0.1) is 24.2 Å². The fourth-order valence-electron chi connectivity index (χ4n) is 2.89. The topological polar surface area (TPSA) is 89.5 Å². The molecule has 0 saturated carbocycles. The van der Waals surface area contributed by atoms with Gasteiger partial charge in [0, 0.05) is 30.3 Å². The molecule has 2 atom stereocenters. The molecule has 1 fully saturated rings. The first kappa shape index (κ1) is 19.7. The maximum absolute atomic E-state index is 12.7. The molecule has 128 valence electrons. The first-order chi connectivity index (χ1) is 10.5. The highest BCUT2D eigenvalue weighted by atomic mass is 35.5. The standard InChI is InChI=1S/C15H21N3O3S.ClH/c1-10(16)12-5-3-4-8-17(12)15(19)11-6-7-14(22-2)13(9-11)18(20)21;/h6-7,9-10,12H,3-5,8,16H2,1-2H3;1H. The Morgan fingerprint density at radius 2 is 2.17 bits per heavy atom. The highest BCUT2D eigenvalue weighted by Gasteiger charge is 2.30. The van der Waals surface area contributed by atoms with Crippen molar-refractivity contribution in [3.63, 3.8) is 0 Å². The highest BCUT2D eigenvalue weighted by molar-refractivity contribution is 7.98. The van der Waals surface area contributed by atoms with Gasteiger partial charge in [-0.1, -0.05) is 0 Å². The number of likely N-dealkylation sites (tertiary alicyclic amines) is 1. The van der Waals surface area contributed by atoms with E-state index in [1.807, 2.05) is 6.92 Å². The van der Waals surface area contributed by atoms with E-state index in [0.717, 1.165) is 19.3 Å². The largest absolute Gasteiger partial charge is 0.334 e. The monoisotopic (exact) mass is 359 g/mol. The number of carbonyl (C=O) groups is 1. The fourth-order valence-corrected chi connectivity index (χ4v) is 3.43. The van der Waals surface area contributed by atoms with Crippen LogP contribution in [-0.2, 0) is 0 Å². The molecule has 2 N–H and O–H groups in total. The Morgan fingerprint density at radius 3 is 2.74 bits per heavy atom. The average molecular weight is 360 g/mol. The predicted octanol–water partition coefficient (Wildman–Crippen LogP) is 3.08. The molecule has 1 aromatic carbocycles. The third kappa shape index (κ3) is 4.37. The summed E-state index contributed by atoms with van der Waals surface area (Å²) in [6, 6.07) is 4.57. The molecule has 1 aliphatic heterocycles. The van der Waals surface area contributed by atoms with Gasteiger partial charge >= 0.3 is 0 Å². The number of nitro benzene ring substituents is 1. The molecule has 1 heterocycles. The molecule has 0 radical (unpaired) electrons. The number of benzene rings is 1. The smallest absolute Gasteiger partial charge is 0.283 e. The Morgan fingerprint density at radius 1 is 1.48 bits per heavy atom. The summed E-state index contributed by atoms with van der Waals surface area (Å²) in [4.78, 5) is 25.8. The van der Waals surface area contributed by atoms with Gasteiger partial charge in [-0.25, -0.2) is 0 Å². The number of hydrogen-bond acceptors (Lipinski definition) is 5. The zero-order valence-corrected chi connectivity index (χ0v) is 14.9. The van der Waals surface area contributed by atoms with Crippen LogP contribution in [-0.4, -0.2) is 40.6 Å². The number of halogens is 1. The number of nitrogens with two attached hydrogens (primary N) is 1. The number of rotatable bonds is 4. The molecule has 6 nitrogen and oxygen atoms in total. The SMILES string of the molecule is CSc1ccc(C(=O)N2CCCCC2C(C)N)cc1[N+](=O)[O-].Cl. The van der Waals surface area contributed by atoms with Gasteiger partial charge in [0.1, 0.15) is 0 Å². The fraction of sp³-hybridized carbons (Fsp3) is 0.533. The molecular weight excluding hydrogens is 338 g/mol. The third-order valence-electron chi connectivity index (χ3n) is 4.04. The van der Waals surface area contributed by atoms with Gasteiger partial charge in [0.15, 0.2) is 0 Å². The summed E-state index contributed by atoms with van der Waals surface area (Å²) >= 11 is 1.30. The summed E-state index contributed by atoms with van der Waals surface area (Å²) in [6.45, 7) is 2.55. The average Bonchev–Trinajstić information content (AvgIpc) is 2.53. The number of amides is 1. The zero-order valence-electron chi connectivity index (χ0n) is 13.2. The lowest BCUT2D eigenvalue weighted by Crippen LogP contribution is -2.51. The molecule has 2 rings (SSSR count). The van der Waals surface area contributed by atoms with Crippen LogP contribution in [0.3, 0.4) is 0 Å². The molecule has 1 saturated heterocycles. The first-order valence-electron chi connectivity index (χ1n) is 7.34. The molecule has 0 aromatic heterocycles. The summed E-state index contributed by atoms with van der Waals surface area (Å²) in [7, 11) is 0. The molecule has 1 aliphatic rings. The summed E-state index contributed by atoms with van der Waals surface area (Å²) in [5.41, 5.74) is 6.33. The van der Waals surface area contributed by atoms with Gasteiger partial charge in [-0.2, -0.15) is 0 Å². The van der Waals surface area contributed by atoms with E-state index in [1.54, 1.807) is 23.3 Å². The van der Waals surface area contributed by atoms with E-state index in [2.05, 4.69) is 0 Å². The van der Waals surface area contributed by atoms with Crippen LogP contribution in [0.1, 0.15) is 36.5 Å². The molecule has 2 unspecified atom stereocenters. The van der Waals surface area contributed by atoms with E-state index in [4.69, 9.17) is 5.73 Å². The normalized spacial score (nSPS) is 18.9. The maximum Gasteiger partial charge on any atom is 0.283 e. The van der Waals surface area contributed by atoms with Gasteiger partial charge in [0.05, 0.1) is 9.82 Å². The summed E-state index contributed by atoms with van der Waals surface area (Å²) in [5, 5.41) is 11.2. The Balaban J connectivity index is 0.00000264. The van der Waals surface area contributed by atoms with Crippen molar-refractivity contribution in [2.75, 3.05) is 12.8 Å². The van der Waals surface area contributed by atoms with Gasteiger partial charge in [-0.3, -0.25) is 14.9 Å². The molecule has 1 aromatic rings. The number of thioether (sulfide) groups is 1. The van der Waals surface area contributed by atoms with E-state index in [1.165, 1.54) is 17.8 Å². The van der Waals surface area contributed by atoms with Gasteiger partial charge in [0.25, 0.3) is 11.6 Å². The number of nitrogens with zero attached hydrogens (tertiary/aromatic N) is 2. The number of nitro groups is 1. The minimum atomic E-state index is -0.443. The molecular formula is C15H22ClN3O3S. The van der Waals surface area contributed by atoms with Crippen LogP contribution in [0.4, 0.5) is 5.69 Å². The summed E-state index contributed by atoms with van der Waals surface area (Å²) < 4.78 is 0. The van der Waals surface area contributed by atoms with Crippen LogP contribution >= 0.6 is 24.2 Å². The Bertz CT molecular complexity index is 583. The van der Waals surface area contributed by atoms with Crippen molar-refractivity contribution in [3.8, 4) is 0 Å². The Kier molecular flexibility index (Phi) is 7.31. The summed E-state index contributed by atoms with van der Waals surface area (Å²) in [5.74, 6) is -0.169. The minimum absolute atomic E-state index is 0. The van der Waals surface area contributed by atoms with Crippen LogP contribution in [0, 0.1) is 10.1 Å². The summed E-state index contributed by atoms with van der Waals surface area (Å²) in [6.07, 6.45) is 4.66. The molecule has 8 heteroatoms. The van der Waals surface area contributed by atoms with Crippen LogP contribution < -0.4 is 5.73 Å². The number of piperidine rings is 1. The van der Waals surface area contributed by atoms with Crippen molar-refractivity contribution in [2.45, 2.75) is 43.2 Å². The minimum Gasteiger partial charge on any atom is -0.334 e. The lowest BCUT2D eigenvalue weighted by Gasteiger charge is -2.38. The lowest BCUT2D eigenvalue weighted by atomic mass is 9.96. The molecule has 0 spiro atoms. The Labute approximate surface area is 146 Å². The van der Waals surface area contributed by atoms with E-state index in [0.29, 0.717) is 17.0 Å². The second-order valence-corrected chi connectivity index (χ2v) is 6.41. The lowest BCUT2D eigenvalue weighted by molar-refractivity contribution is -0.387. The van der Waals surface area contributed by atoms with Crippen LogP contribution in [0.15, 0.2) is 23.1 Å². The Hall–Kier alpha value is -1.31. The van der Waals surface area contributed by atoms with Crippen molar-refractivity contribution >= 4 is 35.8 Å². The second kappa shape index (κ2) is 8.52. The van der Waals surface area contributed by atoms with Gasteiger partial charge in [0.2, 0.25) is 0 Å².